The van der Waals surface area contributed by atoms with Crippen LogP contribution in [-0.4, -0.2) is 24.7 Å². The van der Waals surface area contributed by atoms with Crippen LogP contribution in [0.5, 0.6) is 0 Å². The molecule has 0 unspecified atom stereocenters. The van der Waals surface area contributed by atoms with Gasteiger partial charge in [0.25, 0.3) is 10.6 Å². The molecule has 0 bridgehead atoms. The lowest BCUT2D eigenvalue weighted by molar-refractivity contribution is -0.686. The van der Waals surface area contributed by atoms with Crippen LogP contribution < -0.4 is 36.6 Å². The largest absolute Gasteiger partial charge is 1.00 e. The molecule has 0 saturated carbocycles. The van der Waals surface area contributed by atoms with Gasteiger partial charge in [-0.25, -0.2) is 4.79 Å². The maximum atomic E-state index is 13.4. The average Bonchev–Trinajstić information content (AvgIpc) is 3.61. The zero-order valence-electron chi connectivity index (χ0n) is 19.5. The van der Waals surface area contributed by atoms with Crippen molar-refractivity contribution in [2.24, 2.45) is 0 Å². The van der Waals surface area contributed by atoms with Gasteiger partial charge in [-0.2, -0.15) is 4.57 Å². The van der Waals surface area contributed by atoms with E-state index in [0.29, 0.717) is 34.0 Å². The monoisotopic (exact) mass is 581 g/mol. The molecule has 0 saturated heterocycles. The van der Waals surface area contributed by atoms with E-state index in [1.54, 1.807) is 33.7 Å². The number of carbonyl (C=O) groups is 1. The lowest BCUT2D eigenvalue weighted by atomic mass is 10.2. The number of hydrogen-bond donors (Lipinski definition) is 0. The Morgan fingerprint density at radius 3 is 2.86 bits per heavy atom. The van der Waals surface area contributed by atoms with Crippen LogP contribution in [0, 0.1) is 0 Å². The van der Waals surface area contributed by atoms with Crippen molar-refractivity contribution in [1.29, 1.82) is 0 Å². The number of nitrogens with zero attached hydrogens (tertiary/aromatic N) is 3. The number of furan rings is 1. The smallest absolute Gasteiger partial charge is 0.341 e. The van der Waals surface area contributed by atoms with Gasteiger partial charge in [-0.1, -0.05) is 34.7 Å². The Morgan fingerprint density at radius 1 is 1.31 bits per heavy atom. The van der Waals surface area contributed by atoms with Gasteiger partial charge in [0.15, 0.2) is 12.0 Å². The molecule has 0 fully saturated rings. The molecule has 0 spiro atoms. The lowest BCUT2D eigenvalue weighted by Gasteiger charge is -2.12. The van der Waals surface area contributed by atoms with Crippen LogP contribution >= 0.6 is 46.0 Å². The van der Waals surface area contributed by atoms with Crippen LogP contribution in [-0.2, 0) is 17.8 Å². The molecule has 1 aliphatic rings. The minimum Gasteiger partial charge on any atom is -1.00 e. The second-order valence-electron chi connectivity index (χ2n) is 7.66. The molecular formula is C24H21Cl2N3O4S3. The highest BCUT2D eigenvalue weighted by Gasteiger charge is 2.25. The first-order valence-electron chi connectivity index (χ1n) is 10.7. The summed E-state index contributed by atoms with van der Waals surface area (Å²) in [5.74, 6) is 0.0842. The molecular weight excluding hydrogens is 561 g/mol. The van der Waals surface area contributed by atoms with Crippen molar-refractivity contribution in [3.05, 3.63) is 83.0 Å². The number of fused-ring (bicyclic) bond motifs is 1. The van der Waals surface area contributed by atoms with Crippen LogP contribution in [0.25, 0.3) is 11.1 Å². The first-order chi connectivity index (χ1) is 16.9. The van der Waals surface area contributed by atoms with E-state index in [4.69, 9.17) is 20.8 Å². The van der Waals surface area contributed by atoms with Gasteiger partial charge in [-0.15, -0.1) is 11.3 Å². The predicted octanol–water partition coefficient (Wildman–Crippen LogP) is 0.501. The van der Waals surface area contributed by atoms with Gasteiger partial charge in [-0.3, -0.25) is 9.36 Å². The van der Waals surface area contributed by atoms with Gasteiger partial charge in [0, 0.05) is 23.5 Å². The standard InChI is InChI=1S/C24H21ClN3O4S3.ClH/c1-4-28-20(12-19-27(8-10-33-19)13-17-15(7-9-32-17)24(30)31-3)35-21(22(28)29)23-26(2)16-6-5-14(25)11-18(16)34-23;/h5-12H,4,13H2,1-3H3;1H/q+1;/p-1/b23-21+;. The van der Waals surface area contributed by atoms with E-state index >= 15 is 0 Å². The Morgan fingerprint density at radius 2 is 2.11 bits per heavy atom. The molecule has 4 heterocycles. The number of rotatable bonds is 5. The minimum absolute atomic E-state index is 0. The zero-order valence-corrected chi connectivity index (χ0v) is 23.4. The molecule has 0 aliphatic carbocycles. The van der Waals surface area contributed by atoms with E-state index in [1.165, 1.54) is 24.7 Å². The van der Waals surface area contributed by atoms with Crippen molar-refractivity contribution < 1.29 is 30.9 Å². The van der Waals surface area contributed by atoms with E-state index in [9.17, 15) is 9.59 Å². The van der Waals surface area contributed by atoms with Crippen LogP contribution in [0.15, 0.2) is 56.2 Å². The molecule has 0 atom stereocenters. The summed E-state index contributed by atoms with van der Waals surface area (Å²) in [7, 11) is 3.32. The molecule has 1 aliphatic heterocycles. The highest BCUT2D eigenvalue weighted by Crippen LogP contribution is 2.46. The number of esters is 1. The summed E-state index contributed by atoms with van der Waals surface area (Å²) in [5, 5.41) is 4.47. The maximum absolute atomic E-state index is 13.4. The molecule has 12 heteroatoms. The van der Waals surface area contributed by atoms with E-state index < -0.39 is 5.97 Å². The Kier molecular flexibility index (Phi) is 8.01. The number of carbonyl (C=O) groups excluding carboxylic acids is 1. The van der Waals surface area contributed by atoms with Gasteiger partial charge in [0.2, 0.25) is 6.54 Å². The zero-order chi connectivity index (χ0) is 24.7. The highest BCUT2D eigenvalue weighted by molar-refractivity contribution is 8.08. The summed E-state index contributed by atoms with van der Waals surface area (Å²) >= 11 is 10.8. The third kappa shape index (κ3) is 4.76. The van der Waals surface area contributed by atoms with E-state index in [0.717, 1.165) is 25.3 Å². The molecule has 7 nitrogen and oxygen atoms in total. The number of thioether (sulfide) groups is 1. The molecule has 3 aromatic heterocycles. The van der Waals surface area contributed by atoms with Crippen molar-refractivity contribution in [1.82, 2.24) is 4.57 Å². The number of benzene rings is 1. The number of anilines is 1. The van der Waals surface area contributed by atoms with E-state index in [1.807, 2.05) is 59.3 Å². The normalized spacial score (nSPS) is 14.7. The van der Waals surface area contributed by atoms with Gasteiger partial charge in [0.05, 0.1) is 30.5 Å². The predicted molar refractivity (Wildman–Crippen MR) is 140 cm³/mol. The average molecular weight is 583 g/mol. The molecule has 0 amide bonds. The first kappa shape index (κ1) is 26.6. The molecule has 1 aromatic carbocycles. The SMILES string of the molecule is CCn1c(=O)/c(=C2\Sc3cc(Cl)ccc3N2C)s/c1=C\c1scc[n+]1Cc1occc1C(=O)OC.[Cl-]. The van der Waals surface area contributed by atoms with E-state index in [2.05, 4.69) is 0 Å². The van der Waals surface area contributed by atoms with Gasteiger partial charge < -0.3 is 26.5 Å². The number of thiazole rings is 2. The second-order valence-corrected chi connectivity index (χ2v) is 11.1. The molecule has 0 radical (unpaired) electrons. The summed E-state index contributed by atoms with van der Waals surface area (Å²) in [4.78, 5) is 28.5. The quantitative estimate of drug-likeness (QED) is 0.252. The Hall–Kier alpha value is -2.50. The molecule has 0 N–H and O–H groups in total. The highest BCUT2D eigenvalue weighted by atomic mass is 35.5. The number of hydrogen-bond acceptors (Lipinski definition) is 8. The number of ether oxygens (including phenoxy) is 1. The van der Waals surface area contributed by atoms with Crippen LogP contribution in [0.1, 0.15) is 28.0 Å². The number of aromatic nitrogens is 2. The summed E-state index contributed by atoms with van der Waals surface area (Å²) in [6, 6.07) is 7.37. The minimum atomic E-state index is -0.435. The van der Waals surface area contributed by atoms with Crippen LogP contribution in [0.4, 0.5) is 5.69 Å². The fourth-order valence-electron chi connectivity index (χ4n) is 3.87. The van der Waals surface area contributed by atoms with Crippen molar-refractivity contribution >= 4 is 68.8 Å². The van der Waals surface area contributed by atoms with Crippen LogP contribution in [0.3, 0.4) is 0 Å². The Balaban J connectivity index is 0.00000304. The fourth-order valence-corrected chi connectivity index (χ4v) is 7.46. The van der Waals surface area contributed by atoms with Gasteiger partial charge in [0.1, 0.15) is 19.8 Å². The van der Waals surface area contributed by atoms with Crippen LogP contribution in [0.2, 0.25) is 5.02 Å². The molecule has 5 rings (SSSR count). The first-order valence-corrected chi connectivity index (χ1v) is 13.6. The number of halogens is 2. The summed E-state index contributed by atoms with van der Waals surface area (Å²) in [6.07, 6.45) is 5.42. The summed E-state index contributed by atoms with van der Waals surface area (Å²) in [5.41, 5.74) is 1.42. The number of methoxy groups -OCH3 is 1. The molecule has 4 aromatic rings. The van der Waals surface area contributed by atoms with Crippen molar-refractivity contribution in [3.63, 3.8) is 0 Å². The molecule has 188 valence electrons. The second kappa shape index (κ2) is 10.9. The fraction of sp³-hybridized carbons (Fsp3) is 0.208. The van der Waals surface area contributed by atoms with E-state index in [-0.39, 0.29) is 18.0 Å². The topological polar surface area (TPSA) is 68.6 Å². The third-order valence-electron chi connectivity index (χ3n) is 5.64. The molecule has 36 heavy (non-hydrogen) atoms. The third-order valence-corrected chi connectivity index (χ3v) is 9.19. The van der Waals surface area contributed by atoms with Gasteiger partial charge in [-0.05, 0) is 31.2 Å². The summed E-state index contributed by atoms with van der Waals surface area (Å²) < 4.78 is 15.7. The Labute approximate surface area is 230 Å². The van der Waals surface area contributed by atoms with Crippen molar-refractivity contribution in [2.45, 2.75) is 24.9 Å². The van der Waals surface area contributed by atoms with Crippen molar-refractivity contribution in [2.75, 3.05) is 19.1 Å². The van der Waals surface area contributed by atoms with Crippen molar-refractivity contribution in [3.8, 4) is 0 Å². The maximum Gasteiger partial charge on any atom is 0.341 e. The summed E-state index contributed by atoms with van der Waals surface area (Å²) in [6.45, 7) is 2.89. The lowest BCUT2D eigenvalue weighted by Crippen LogP contribution is -3.00. The Bertz CT molecular complexity index is 1620. The van der Waals surface area contributed by atoms with Gasteiger partial charge >= 0.3 is 5.97 Å².